The van der Waals surface area contributed by atoms with E-state index in [-0.39, 0.29) is 0 Å². The summed E-state index contributed by atoms with van der Waals surface area (Å²) in [6.07, 6.45) is 0. The van der Waals surface area contributed by atoms with Crippen molar-refractivity contribution in [2.24, 2.45) is 0 Å². The van der Waals surface area contributed by atoms with Crippen molar-refractivity contribution >= 4 is 11.8 Å². The molecule has 0 aliphatic carbocycles. The standard InChI is InChI=1S/C13H19NOS/c1-13(2,15)9-14-7-10-8-16-12-6-4-3-5-11(10)12/h3-6,10,14-15H,7-9H2,1-2H3. The minimum Gasteiger partial charge on any atom is -0.389 e. The van der Waals surface area contributed by atoms with Gasteiger partial charge in [0.2, 0.25) is 0 Å². The van der Waals surface area contributed by atoms with Gasteiger partial charge in [-0.1, -0.05) is 18.2 Å². The van der Waals surface area contributed by atoms with Crippen molar-refractivity contribution in [1.29, 1.82) is 0 Å². The molecule has 0 spiro atoms. The molecule has 1 unspecified atom stereocenters. The van der Waals surface area contributed by atoms with Crippen LogP contribution in [0.15, 0.2) is 29.2 Å². The van der Waals surface area contributed by atoms with Gasteiger partial charge in [0.25, 0.3) is 0 Å². The van der Waals surface area contributed by atoms with Crippen LogP contribution in [-0.4, -0.2) is 29.5 Å². The molecule has 16 heavy (non-hydrogen) atoms. The summed E-state index contributed by atoms with van der Waals surface area (Å²) >= 11 is 1.93. The molecule has 0 amide bonds. The number of fused-ring (bicyclic) bond motifs is 1. The molecule has 88 valence electrons. The van der Waals surface area contributed by atoms with Crippen LogP contribution in [0.3, 0.4) is 0 Å². The zero-order chi connectivity index (χ0) is 11.6. The maximum atomic E-state index is 9.62. The van der Waals surface area contributed by atoms with E-state index >= 15 is 0 Å². The van der Waals surface area contributed by atoms with Gasteiger partial charge in [-0.05, 0) is 25.5 Å². The number of rotatable bonds is 4. The van der Waals surface area contributed by atoms with E-state index in [1.807, 2.05) is 25.6 Å². The van der Waals surface area contributed by atoms with Gasteiger partial charge < -0.3 is 10.4 Å². The predicted octanol–water partition coefficient (Wildman–Crippen LogP) is 2.24. The van der Waals surface area contributed by atoms with Crippen molar-refractivity contribution in [3.8, 4) is 0 Å². The van der Waals surface area contributed by atoms with E-state index in [0.29, 0.717) is 12.5 Å². The zero-order valence-electron chi connectivity index (χ0n) is 9.86. The molecule has 3 heteroatoms. The lowest BCUT2D eigenvalue weighted by Crippen LogP contribution is -2.36. The van der Waals surface area contributed by atoms with Crippen LogP contribution in [0.25, 0.3) is 0 Å². The van der Waals surface area contributed by atoms with E-state index < -0.39 is 5.60 Å². The van der Waals surface area contributed by atoms with Gasteiger partial charge in [-0.15, -0.1) is 11.8 Å². The van der Waals surface area contributed by atoms with Crippen LogP contribution in [0.2, 0.25) is 0 Å². The van der Waals surface area contributed by atoms with Crippen molar-refractivity contribution in [2.45, 2.75) is 30.3 Å². The number of thioether (sulfide) groups is 1. The molecule has 0 fully saturated rings. The average molecular weight is 237 g/mol. The quantitative estimate of drug-likeness (QED) is 0.842. The molecule has 0 saturated heterocycles. The summed E-state index contributed by atoms with van der Waals surface area (Å²) in [5.41, 5.74) is 0.835. The lowest BCUT2D eigenvalue weighted by Gasteiger charge is -2.19. The van der Waals surface area contributed by atoms with Crippen LogP contribution in [-0.2, 0) is 0 Å². The highest BCUT2D eigenvalue weighted by molar-refractivity contribution is 7.99. The van der Waals surface area contributed by atoms with E-state index in [4.69, 9.17) is 0 Å². The highest BCUT2D eigenvalue weighted by Crippen LogP contribution is 2.38. The lowest BCUT2D eigenvalue weighted by molar-refractivity contribution is 0.0797. The first-order valence-corrected chi connectivity index (χ1v) is 6.70. The summed E-state index contributed by atoms with van der Waals surface area (Å²) in [4.78, 5) is 1.41. The number of benzene rings is 1. The average Bonchev–Trinajstić information content (AvgIpc) is 2.60. The summed E-state index contributed by atoms with van der Waals surface area (Å²) in [7, 11) is 0. The third kappa shape index (κ3) is 3.00. The fraction of sp³-hybridized carbons (Fsp3) is 0.538. The minimum atomic E-state index is -0.620. The number of nitrogens with one attached hydrogen (secondary N) is 1. The summed E-state index contributed by atoms with van der Waals surface area (Å²) in [6, 6.07) is 8.61. The Balaban J connectivity index is 1.89. The maximum absolute atomic E-state index is 9.62. The van der Waals surface area contributed by atoms with Gasteiger partial charge in [-0.2, -0.15) is 0 Å². The van der Waals surface area contributed by atoms with E-state index in [1.54, 1.807) is 0 Å². The molecule has 2 N–H and O–H groups in total. The molecule has 1 aromatic rings. The van der Waals surface area contributed by atoms with E-state index in [9.17, 15) is 5.11 Å². The normalized spacial score (nSPS) is 19.8. The SMILES string of the molecule is CC(C)(O)CNCC1CSc2ccccc21. The van der Waals surface area contributed by atoms with Crippen LogP contribution in [0.1, 0.15) is 25.3 Å². The minimum absolute atomic E-state index is 0.587. The second-order valence-corrected chi connectivity index (χ2v) is 6.05. The van der Waals surface area contributed by atoms with Crippen molar-refractivity contribution in [3.63, 3.8) is 0 Å². The van der Waals surface area contributed by atoms with Crippen molar-refractivity contribution < 1.29 is 5.11 Å². The molecule has 2 rings (SSSR count). The Bertz CT molecular complexity index is 359. The Morgan fingerprint density at radius 3 is 2.94 bits per heavy atom. The predicted molar refractivity (Wildman–Crippen MR) is 69.1 cm³/mol. The second kappa shape index (κ2) is 4.78. The maximum Gasteiger partial charge on any atom is 0.0715 e. The molecular weight excluding hydrogens is 218 g/mol. The van der Waals surface area contributed by atoms with Crippen molar-refractivity contribution in [3.05, 3.63) is 29.8 Å². The highest BCUT2D eigenvalue weighted by Gasteiger charge is 2.22. The van der Waals surface area contributed by atoms with E-state index in [2.05, 4.69) is 29.6 Å². The van der Waals surface area contributed by atoms with Gasteiger partial charge in [0.15, 0.2) is 0 Å². The number of hydrogen-bond acceptors (Lipinski definition) is 3. The summed E-state index contributed by atoms with van der Waals surface area (Å²) < 4.78 is 0. The van der Waals surface area contributed by atoms with Crippen molar-refractivity contribution in [1.82, 2.24) is 5.32 Å². The Hall–Kier alpha value is -0.510. The van der Waals surface area contributed by atoms with Crippen LogP contribution in [0.5, 0.6) is 0 Å². The molecule has 0 aromatic heterocycles. The fourth-order valence-electron chi connectivity index (χ4n) is 1.95. The summed E-state index contributed by atoms with van der Waals surface area (Å²) in [5.74, 6) is 1.74. The van der Waals surface area contributed by atoms with Crippen molar-refractivity contribution in [2.75, 3.05) is 18.8 Å². The Kier molecular flexibility index (Phi) is 3.57. The highest BCUT2D eigenvalue weighted by atomic mass is 32.2. The first kappa shape index (κ1) is 12.0. The number of aliphatic hydroxyl groups is 1. The van der Waals surface area contributed by atoms with Crippen LogP contribution in [0.4, 0.5) is 0 Å². The van der Waals surface area contributed by atoms with Crippen LogP contribution in [0, 0.1) is 0 Å². The third-order valence-electron chi connectivity index (χ3n) is 2.75. The summed E-state index contributed by atoms with van der Waals surface area (Å²) in [6.45, 7) is 5.26. The molecular formula is C13H19NOS. The van der Waals surface area contributed by atoms with E-state index in [1.165, 1.54) is 10.5 Å². The zero-order valence-corrected chi connectivity index (χ0v) is 10.7. The monoisotopic (exact) mass is 237 g/mol. The molecule has 1 aromatic carbocycles. The van der Waals surface area contributed by atoms with Gasteiger partial charge in [0, 0.05) is 29.7 Å². The Labute approximate surface area is 101 Å². The molecule has 0 bridgehead atoms. The van der Waals surface area contributed by atoms with E-state index in [0.717, 1.165) is 12.3 Å². The first-order valence-electron chi connectivity index (χ1n) is 5.71. The molecule has 1 heterocycles. The van der Waals surface area contributed by atoms with Gasteiger partial charge >= 0.3 is 0 Å². The Morgan fingerprint density at radius 1 is 1.44 bits per heavy atom. The van der Waals surface area contributed by atoms with Gasteiger partial charge in [0.1, 0.15) is 0 Å². The smallest absolute Gasteiger partial charge is 0.0715 e. The van der Waals surface area contributed by atoms with Crippen LogP contribution < -0.4 is 5.32 Å². The molecule has 1 atom stereocenters. The second-order valence-electron chi connectivity index (χ2n) is 4.99. The van der Waals surface area contributed by atoms with Crippen LogP contribution >= 0.6 is 11.8 Å². The van der Waals surface area contributed by atoms with Gasteiger partial charge in [-0.3, -0.25) is 0 Å². The lowest BCUT2D eigenvalue weighted by atomic mass is 10.0. The summed E-state index contributed by atoms with van der Waals surface area (Å²) in [5, 5.41) is 13.0. The number of hydrogen-bond donors (Lipinski definition) is 2. The van der Waals surface area contributed by atoms with Gasteiger partial charge in [-0.25, -0.2) is 0 Å². The fourth-order valence-corrected chi connectivity index (χ4v) is 3.20. The first-order chi connectivity index (χ1) is 7.56. The molecule has 1 aliphatic heterocycles. The topological polar surface area (TPSA) is 32.3 Å². The largest absolute Gasteiger partial charge is 0.389 e. The molecule has 1 aliphatic rings. The Morgan fingerprint density at radius 2 is 2.19 bits per heavy atom. The third-order valence-corrected chi connectivity index (χ3v) is 4.00. The van der Waals surface area contributed by atoms with Gasteiger partial charge in [0.05, 0.1) is 5.60 Å². The molecule has 0 saturated carbocycles. The molecule has 2 nitrogen and oxygen atoms in total. The molecule has 0 radical (unpaired) electrons.